The maximum absolute atomic E-state index is 12.9. The molecule has 0 radical (unpaired) electrons. The molecule has 1 aromatic rings. The molecule has 0 aliphatic rings. The third-order valence-electron chi connectivity index (χ3n) is 3.19. The Kier molecular flexibility index (Phi) is 8.62. The van der Waals surface area contributed by atoms with E-state index in [4.69, 9.17) is 14.2 Å². The molecule has 0 aliphatic heterocycles. The maximum Gasteiger partial charge on any atom is 0.459 e. The standard InChI is InChI=1S/C16H23N2O8PS/c1-11(14(19)20)17-27(24,25-9-10-28-15(21)16(2,3)4)26-13-7-5-12(6-8-13)18(22)23/h5-8,11H,9-10H2,1-4H3,(H,17,24)(H,19,20)/t11-,27?/m0/s1. The first-order valence-electron chi connectivity index (χ1n) is 8.20. The molecule has 0 saturated heterocycles. The normalized spacial score (nSPS) is 14.7. The molecule has 1 unspecified atom stereocenters. The summed E-state index contributed by atoms with van der Waals surface area (Å²) in [6.45, 7) is 6.41. The number of carbonyl (C=O) groups is 2. The molecular weight excluding hydrogens is 411 g/mol. The van der Waals surface area contributed by atoms with Crippen LogP contribution in [0.2, 0.25) is 0 Å². The molecule has 0 amide bonds. The number of benzene rings is 1. The number of aliphatic carboxylic acids is 1. The van der Waals surface area contributed by atoms with Crippen LogP contribution in [0.5, 0.6) is 5.75 Å². The Labute approximate surface area is 166 Å². The molecular formula is C16H23N2O8PS. The third-order valence-corrected chi connectivity index (χ3v) is 6.11. The van der Waals surface area contributed by atoms with Crippen LogP contribution in [0.4, 0.5) is 5.69 Å². The minimum atomic E-state index is -4.12. The number of nitrogens with zero attached hydrogens (tertiary/aromatic N) is 1. The molecule has 1 aromatic carbocycles. The first-order valence-corrected chi connectivity index (χ1v) is 10.7. The largest absolute Gasteiger partial charge is 0.480 e. The SMILES string of the molecule is C[C@H](NP(=O)(OCCSC(=O)C(C)(C)C)Oc1ccc([N+](=O)[O-])cc1)C(=O)O. The minimum absolute atomic E-state index is 0.00237. The number of carboxylic acids is 1. The van der Waals surface area contributed by atoms with Crippen molar-refractivity contribution < 1.29 is 33.2 Å². The smallest absolute Gasteiger partial charge is 0.459 e. The summed E-state index contributed by atoms with van der Waals surface area (Å²) in [5.41, 5.74) is -0.730. The molecule has 0 fully saturated rings. The number of non-ortho nitro benzene ring substituents is 1. The zero-order valence-corrected chi connectivity index (χ0v) is 17.6. The van der Waals surface area contributed by atoms with E-state index >= 15 is 0 Å². The van der Waals surface area contributed by atoms with Crippen LogP contribution in [-0.4, -0.2) is 39.5 Å². The Morgan fingerprint density at radius 2 is 1.89 bits per heavy atom. The van der Waals surface area contributed by atoms with Gasteiger partial charge in [-0.15, -0.1) is 0 Å². The molecule has 0 aliphatic carbocycles. The number of carboxylic acid groups (broad SMARTS) is 1. The van der Waals surface area contributed by atoms with Gasteiger partial charge in [0.1, 0.15) is 11.8 Å². The number of nitro groups is 1. The highest BCUT2D eigenvalue weighted by molar-refractivity contribution is 8.13. The summed E-state index contributed by atoms with van der Waals surface area (Å²) in [5, 5.41) is 21.9. The van der Waals surface area contributed by atoms with Crippen LogP contribution < -0.4 is 9.61 Å². The average molecular weight is 434 g/mol. The molecule has 0 saturated carbocycles. The second-order valence-corrected chi connectivity index (χ2v) is 9.51. The quantitative estimate of drug-likeness (QED) is 0.243. The fourth-order valence-electron chi connectivity index (χ4n) is 1.66. The summed E-state index contributed by atoms with van der Waals surface area (Å²) >= 11 is 1.00. The average Bonchev–Trinajstić information content (AvgIpc) is 2.57. The highest BCUT2D eigenvalue weighted by Gasteiger charge is 2.32. The topological polar surface area (TPSA) is 145 Å². The lowest BCUT2D eigenvalue weighted by Gasteiger charge is -2.22. The van der Waals surface area contributed by atoms with Gasteiger partial charge in [-0.1, -0.05) is 32.5 Å². The lowest BCUT2D eigenvalue weighted by Crippen LogP contribution is -2.33. The predicted octanol–water partition coefficient (Wildman–Crippen LogP) is 3.47. The zero-order valence-electron chi connectivity index (χ0n) is 15.9. The molecule has 28 heavy (non-hydrogen) atoms. The van der Waals surface area contributed by atoms with Crippen molar-refractivity contribution in [3.8, 4) is 5.75 Å². The molecule has 1 rings (SSSR count). The van der Waals surface area contributed by atoms with Crippen molar-refractivity contribution in [2.45, 2.75) is 33.7 Å². The fraction of sp³-hybridized carbons (Fsp3) is 0.500. The third kappa shape index (κ3) is 7.97. The highest BCUT2D eigenvalue weighted by Crippen LogP contribution is 2.45. The lowest BCUT2D eigenvalue weighted by molar-refractivity contribution is -0.384. The van der Waals surface area contributed by atoms with Gasteiger partial charge in [-0.05, 0) is 19.1 Å². The Bertz CT molecular complexity index is 763. The van der Waals surface area contributed by atoms with Crippen LogP contribution in [0.3, 0.4) is 0 Å². The molecule has 12 heteroatoms. The Balaban J connectivity index is 2.82. The fourth-order valence-corrected chi connectivity index (χ4v) is 4.06. The number of hydrogen-bond acceptors (Lipinski definition) is 8. The second-order valence-electron chi connectivity index (χ2n) is 6.75. The summed E-state index contributed by atoms with van der Waals surface area (Å²) in [6, 6.07) is 3.50. The van der Waals surface area contributed by atoms with Gasteiger partial charge in [-0.3, -0.25) is 24.2 Å². The first-order chi connectivity index (χ1) is 12.8. The van der Waals surface area contributed by atoms with E-state index in [-0.39, 0.29) is 28.9 Å². The summed E-state index contributed by atoms with van der Waals surface area (Å²) < 4.78 is 23.4. The number of nitrogens with one attached hydrogen (secondary N) is 1. The van der Waals surface area contributed by atoms with Crippen molar-refractivity contribution in [2.24, 2.45) is 5.41 Å². The molecule has 2 N–H and O–H groups in total. The lowest BCUT2D eigenvalue weighted by atomic mass is 10.00. The van der Waals surface area contributed by atoms with Gasteiger partial charge >= 0.3 is 13.7 Å². The van der Waals surface area contributed by atoms with E-state index in [0.717, 1.165) is 23.9 Å². The monoisotopic (exact) mass is 434 g/mol. The molecule has 0 aromatic heterocycles. The van der Waals surface area contributed by atoms with Crippen molar-refractivity contribution in [2.75, 3.05) is 12.4 Å². The van der Waals surface area contributed by atoms with E-state index in [1.807, 2.05) is 0 Å². The summed E-state index contributed by atoms with van der Waals surface area (Å²) in [4.78, 5) is 33.0. The number of carbonyl (C=O) groups excluding carboxylic acids is 1. The van der Waals surface area contributed by atoms with Gasteiger partial charge in [0.2, 0.25) is 0 Å². The molecule has 0 spiro atoms. The van der Waals surface area contributed by atoms with Crippen LogP contribution in [0.25, 0.3) is 0 Å². The minimum Gasteiger partial charge on any atom is -0.480 e. The highest BCUT2D eigenvalue weighted by atomic mass is 32.2. The van der Waals surface area contributed by atoms with Gasteiger partial charge in [-0.2, -0.15) is 5.09 Å². The number of rotatable bonds is 10. The molecule has 0 bridgehead atoms. The Hall–Kier alpha value is -1.94. The van der Waals surface area contributed by atoms with Crippen LogP contribution in [0.1, 0.15) is 27.7 Å². The predicted molar refractivity (Wildman–Crippen MR) is 104 cm³/mol. The van der Waals surface area contributed by atoms with Gasteiger partial charge in [0.15, 0.2) is 5.12 Å². The van der Waals surface area contributed by atoms with E-state index in [1.54, 1.807) is 20.8 Å². The second kappa shape index (κ2) is 10.0. The van der Waals surface area contributed by atoms with Crippen molar-refractivity contribution >= 4 is 36.3 Å². The van der Waals surface area contributed by atoms with E-state index in [9.17, 15) is 24.3 Å². The van der Waals surface area contributed by atoms with Crippen molar-refractivity contribution in [1.29, 1.82) is 0 Å². The van der Waals surface area contributed by atoms with E-state index in [1.165, 1.54) is 19.1 Å². The van der Waals surface area contributed by atoms with Crippen molar-refractivity contribution in [1.82, 2.24) is 5.09 Å². The summed E-state index contributed by atoms with van der Waals surface area (Å²) in [5.74, 6) is -1.09. The van der Waals surface area contributed by atoms with Gasteiger partial charge < -0.3 is 9.63 Å². The summed E-state index contributed by atoms with van der Waals surface area (Å²) in [7, 11) is -4.12. The van der Waals surface area contributed by atoms with Crippen molar-refractivity contribution in [3.63, 3.8) is 0 Å². The van der Waals surface area contributed by atoms with Gasteiger partial charge in [0.05, 0.1) is 11.5 Å². The Morgan fingerprint density at radius 3 is 2.36 bits per heavy atom. The first kappa shape index (κ1) is 24.1. The molecule has 156 valence electrons. The van der Waals surface area contributed by atoms with Gasteiger partial charge in [-0.25, -0.2) is 4.57 Å². The van der Waals surface area contributed by atoms with Crippen LogP contribution in [-0.2, 0) is 18.7 Å². The van der Waals surface area contributed by atoms with Gasteiger partial charge in [0, 0.05) is 23.3 Å². The molecule has 0 heterocycles. The maximum atomic E-state index is 12.9. The van der Waals surface area contributed by atoms with Crippen LogP contribution in [0, 0.1) is 15.5 Å². The van der Waals surface area contributed by atoms with E-state index < -0.39 is 30.1 Å². The van der Waals surface area contributed by atoms with E-state index in [0.29, 0.717) is 0 Å². The van der Waals surface area contributed by atoms with Crippen LogP contribution >= 0.6 is 19.5 Å². The number of hydrogen-bond donors (Lipinski definition) is 2. The number of thioether (sulfide) groups is 1. The summed E-state index contributed by atoms with van der Waals surface area (Å²) in [6.07, 6.45) is 0. The van der Waals surface area contributed by atoms with E-state index in [2.05, 4.69) is 5.09 Å². The van der Waals surface area contributed by atoms with Crippen molar-refractivity contribution in [3.05, 3.63) is 34.4 Å². The van der Waals surface area contributed by atoms with Gasteiger partial charge in [0.25, 0.3) is 5.69 Å². The number of nitro benzene ring substituents is 1. The van der Waals surface area contributed by atoms with Crippen LogP contribution in [0.15, 0.2) is 24.3 Å². The zero-order chi connectivity index (χ0) is 21.5. The Morgan fingerprint density at radius 1 is 1.32 bits per heavy atom. The molecule has 2 atom stereocenters. The molecule has 10 nitrogen and oxygen atoms in total.